The van der Waals surface area contributed by atoms with Crippen molar-refractivity contribution in [2.24, 2.45) is 5.73 Å². The second-order valence-corrected chi connectivity index (χ2v) is 5.15. The SMILES string of the molecule is CN1CCCN(C(=O)c2ccc(C#CCN)c(F)c2)CC1. The van der Waals surface area contributed by atoms with Gasteiger partial charge in [-0.05, 0) is 38.2 Å². The van der Waals surface area contributed by atoms with Gasteiger partial charge in [-0.3, -0.25) is 4.79 Å². The van der Waals surface area contributed by atoms with E-state index in [2.05, 4.69) is 16.7 Å². The molecule has 0 saturated carbocycles. The van der Waals surface area contributed by atoms with Crippen molar-refractivity contribution >= 4 is 5.91 Å². The number of benzene rings is 1. The first-order chi connectivity index (χ1) is 10.1. The van der Waals surface area contributed by atoms with Gasteiger partial charge in [-0.1, -0.05) is 11.8 Å². The number of rotatable bonds is 1. The lowest BCUT2D eigenvalue weighted by atomic mass is 10.1. The molecule has 2 rings (SSSR count). The molecule has 0 aromatic heterocycles. The number of halogens is 1. The molecule has 0 atom stereocenters. The Kier molecular flexibility index (Phi) is 5.32. The molecule has 2 N–H and O–H groups in total. The minimum absolute atomic E-state index is 0.123. The fourth-order valence-electron chi connectivity index (χ4n) is 2.33. The average Bonchev–Trinajstić information content (AvgIpc) is 2.70. The molecular weight excluding hydrogens is 269 g/mol. The zero-order chi connectivity index (χ0) is 15.2. The van der Waals surface area contributed by atoms with E-state index >= 15 is 0 Å². The molecule has 5 heteroatoms. The summed E-state index contributed by atoms with van der Waals surface area (Å²) in [6.07, 6.45) is 0.935. The number of carbonyl (C=O) groups excluding carboxylic acids is 1. The Morgan fingerprint density at radius 2 is 2.14 bits per heavy atom. The van der Waals surface area contributed by atoms with Gasteiger partial charge in [-0.15, -0.1) is 0 Å². The lowest BCUT2D eigenvalue weighted by Crippen LogP contribution is -2.34. The van der Waals surface area contributed by atoms with Crippen LogP contribution in [0.5, 0.6) is 0 Å². The minimum atomic E-state index is -0.478. The zero-order valence-corrected chi connectivity index (χ0v) is 12.2. The Labute approximate surface area is 124 Å². The second kappa shape index (κ2) is 7.21. The van der Waals surface area contributed by atoms with Crippen molar-refractivity contribution in [1.29, 1.82) is 0 Å². The molecule has 0 unspecified atom stereocenters. The van der Waals surface area contributed by atoms with E-state index in [0.717, 1.165) is 19.5 Å². The van der Waals surface area contributed by atoms with Gasteiger partial charge in [-0.25, -0.2) is 4.39 Å². The van der Waals surface area contributed by atoms with Crippen LogP contribution in [0.25, 0.3) is 0 Å². The number of amides is 1. The van der Waals surface area contributed by atoms with Crippen molar-refractivity contribution in [1.82, 2.24) is 9.80 Å². The van der Waals surface area contributed by atoms with Crippen molar-refractivity contribution in [2.75, 3.05) is 39.8 Å². The summed E-state index contributed by atoms with van der Waals surface area (Å²) in [5, 5.41) is 0. The smallest absolute Gasteiger partial charge is 0.254 e. The van der Waals surface area contributed by atoms with Crippen molar-refractivity contribution < 1.29 is 9.18 Å². The third-order valence-corrected chi connectivity index (χ3v) is 3.55. The first-order valence-electron chi connectivity index (χ1n) is 7.08. The molecule has 1 amide bonds. The number of carbonyl (C=O) groups is 1. The quantitative estimate of drug-likeness (QED) is 0.782. The largest absolute Gasteiger partial charge is 0.337 e. The van der Waals surface area contributed by atoms with Crippen LogP contribution in [0.4, 0.5) is 4.39 Å². The molecule has 0 radical (unpaired) electrons. The van der Waals surface area contributed by atoms with Crippen molar-refractivity contribution in [3.05, 3.63) is 35.1 Å². The highest BCUT2D eigenvalue weighted by atomic mass is 19.1. The number of nitrogens with zero attached hydrogens (tertiary/aromatic N) is 2. The molecule has 1 aliphatic rings. The van der Waals surface area contributed by atoms with Crippen LogP contribution in [-0.2, 0) is 0 Å². The van der Waals surface area contributed by atoms with Crippen LogP contribution in [0, 0.1) is 17.7 Å². The van der Waals surface area contributed by atoms with Crippen LogP contribution >= 0.6 is 0 Å². The predicted molar refractivity (Wildman–Crippen MR) is 80.3 cm³/mol. The Morgan fingerprint density at radius 1 is 1.33 bits per heavy atom. The Balaban J connectivity index is 2.14. The van der Waals surface area contributed by atoms with Gasteiger partial charge in [-0.2, -0.15) is 0 Å². The first kappa shape index (κ1) is 15.5. The van der Waals surface area contributed by atoms with Gasteiger partial charge in [0.05, 0.1) is 12.1 Å². The predicted octanol–water partition coefficient (Wildman–Crippen LogP) is 0.914. The van der Waals surface area contributed by atoms with E-state index < -0.39 is 5.82 Å². The maximum absolute atomic E-state index is 13.9. The summed E-state index contributed by atoms with van der Waals surface area (Å²) in [5.41, 5.74) is 5.91. The van der Waals surface area contributed by atoms with Crippen LogP contribution in [0.3, 0.4) is 0 Å². The van der Waals surface area contributed by atoms with Gasteiger partial charge >= 0.3 is 0 Å². The lowest BCUT2D eigenvalue weighted by molar-refractivity contribution is 0.0762. The van der Waals surface area contributed by atoms with E-state index in [-0.39, 0.29) is 18.0 Å². The Morgan fingerprint density at radius 3 is 2.86 bits per heavy atom. The summed E-state index contributed by atoms with van der Waals surface area (Å²) in [7, 11) is 2.04. The molecule has 0 bridgehead atoms. The third kappa shape index (κ3) is 4.03. The first-order valence-corrected chi connectivity index (χ1v) is 7.08. The summed E-state index contributed by atoms with van der Waals surface area (Å²) < 4.78 is 13.9. The maximum atomic E-state index is 13.9. The normalized spacial score (nSPS) is 16.0. The summed E-state index contributed by atoms with van der Waals surface area (Å²) in [4.78, 5) is 16.4. The standard InChI is InChI=1S/C16H20FN3O/c1-19-8-3-9-20(11-10-19)16(21)14-6-5-13(4-2-7-18)15(17)12-14/h5-6,12H,3,7-11,18H2,1H3. The molecule has 1 fully saturated rings. The van der Waals surface area contributed by atoms with Crippen LogP contribution in [0.1, 0.15) is 22.3 Å². The number of likely N-dealkylation sites (N-methyl/N-ethyl adjacent to an activating group) is 1. The van der Waals surface area contributed by atoms with E-state index in [4.69, 9.17) is 5.73 Å². The molecule has 1 aromatic rings. The molecule has 1 aliphatic heterocycles. The summed E-state index contributed by atoms with van der Waals surface area (Å²) in [6.45, 7) is 3.38. The summed E-state index contributed by atoms with van der Waals surface area (Å²) in [6, 6.07) is 4.42. The van der Waals surface area contributed by atoms with Gasteiger partial charge in [0.2, 0.25) is 0 Å². The van der Waals surface area contributed by atoms with Gasteiger partial charge in [0.15, 0.2) is 0 Å². The highest BCUT2D eigenvalue weighted by Gasteiger charge is 2.19. The summed E-state index contributed by atoms with van der Waals surface area (Å²) in [5.74, 6) is 4.66. The highest BCUT2D eigenvalue weighted by molar-refractivity contribution is 5.94. The van der Waals surface area contributed by atoms with E-state index in [1.165, 1.54) is 12.1 Å². The van der Waals surface area contributed by atoms with Crippen molar-refractivity contribution in [3.8, 4) is 11.8 Å². The fourth-order valence-corrected chi connectivity index (χ4v) is 2.33. The van der Waals surface area contributed by atoms with Gasteiger partial charge in [0.1, 0.15) is 5.82 Å². The third-order valence-electron chi connectivity index (χ3n) is 3.55. The second-order valence-electron chi connectivity index (χ2n) is 5.15. The Hall–Kier alpha value is -1.90. The number of hydrogen-bond donors (Lipinski definition) is 1. The van der Waals surface area contributed by atoms with E-state index in [1.54, 1.807) is 11.0 Å². The van der Waals surface area contributed by atoms with E-state index in [9.17, 15) is 9.18 Å². The van der Waals surface area contributed by atoms with Crippen molar-refractivity contribution in [3.63, 3.8) is 0 Å². The van der Waals surface area contributed by atoms with Crippen LogP contribution in [0.2, 0.25) is 0 Å². The lowest BCUT2D eigenvalue weighted by Gasteiger charge is -2.20. The number of nitrogens with two attached hydrogens (primary N) is 1. The highest BCUT2D eigenvalue weighted by Crippen LogP contribution is 2.13. The molecule has 4 nitrogen and oxygen atoms in total. The topological polar surface area (TPSA) is 49.6 Å². The number of hydrogen-bond acceptors (Lipinski definition) is 3. The molecule has 1 heterocycles. The fraction of sp³-hybridized carbons (Fsp3) is 0.438. The maximum Gasteiger partial charge on any atom is 0.254 e. The molecule has 112 valence electrons. The van der Waals surface area contributed by atoms with Crippen LogP contribution < -0.4 is 5.73 Å². The summed E-state index contributed by atoms with van der Waals surface area (Å²) >= 11 is 0. The van der Waals surface area contributed by atoms with E-state index in [0.29, 0.717) is 18.7 Å². The van der Waals surface area contributed by atoms with E-state index in [1.807, 2.05) is 7.05 Å². The van der Waals surface area contributed by atoms with Gasteiger partial charge in [0, 0.05) is 25.2 Å². The van der Waals surface area contributed by atoms with Crippen LogP contribution in [-0.4, -0.2) is 55.5 Å². The molecular formula is C16H20FN3O. The monoisotopic (exact) mass is 289 g/mol. The minimum Gasteiger partial charge on any atom is -0.337 e. The van der Waals surface area contributed by atoms with Crippen LogP contribution in [0.15, 0.2) is 18.2 Å². The zero-order valence-electron chi connectivity index (χ0n) is 12.2. The Bertz CT molecular complexity index is 577. The molecule has 1 aromatic carbocycles. The molecule has 0 spiro atoms. The van der Waals surface area contributed by atoms with Crippen molar-refractivity contribution in [2.45, 2.75) is 6.42 Å². The van der Waals surface area contributed by atoms with Gasteiger partial charge in [0.25, 0.3) is 5.91 Å². The molecule has 1 saturated heterocycles. The molecule has 21 heavy (non-hydrogen) atoms. The van der Waals surface area contributed by atoms with Gasteiger partial charge < -0.3 is 15.5 Å². The molecule has 0 aliphatic carbocycles. The average molecular weight is 289 g/mol.